The second-order valence-corrected chi connectivity index (χ2v) is 5.00. The van der Waals surface area contributed by atoms with Crippen molar-refractivity contribution in [2.24, 2.45) is 5.41 Å². The van der Waals surface area contributed by atoms with E-state index in [1.807, 2.05) is 0 Å². The molecule has 0 aliphatic rings. The molecule has 0 unspecified atom stereocenters. The highest BCUT2D eigenvalue weighted by Crippen LogP contribution is 2.38. The average molecular weight is 324 g/mol. The molecule has 0 aromatic heterocycles. The number of halogens is 3. The van der Waals surface area contributed by atoms with Gasteiger partial charge in [0.15, 0.2) is 0 Å². The van der Waals surface area contributed by atoms with E-state index in [0.717, 1.165) is 0 Å². The Bertz CT molecular complexity index is 434. The summed E-state index contributed by atoms with van der Waals surface area (Å²) < 4.78 is 38.2. The van der Waals surface area contributed by atoms with Crippen LogP contribution in [0, 0.1) is 5.41 Å². The number of rotatable bonds is 10. The van der Waals surface area contributed by atoms with Crippen LogP contribution < -0.4 is 0 Å². The van der Waals surface area contributed by atoms with Crippen molar-refractivity contribution in [3.05, 3.63) is 0 Å². The van der Waals surface area contributed by atoms with E-state index >= 15 is 0 Å². The summed E-state index contributed by atoms with van der Waals surface area (Å²) in [6.45, 7) is 2.97. The van der Waals surface area contributed by atoms with Gasteiger partial charge in [-0.1, -0.05) is 13.8 Å². The van der Waals surface area contributed by atoms with E-state index in [9.17, 15) is 37.5 Å². The number of Topliss-reactive ketones (excluding diaryl/α,β-unsaturated/α-hetero) is 3. The number of alkyl halides is 3. The lowest BCUT2D eigenvalue weighted by Crippen LogP contribution is -2.47. The van der Waals surface area contributed by atoms with Crippen molar-refractivity contribution in [2.45, 2.75) is 58.5 Å². The summed E-state index contributed by atoms with van der Waals surface area (Å²) in [7, 11) is 0. The van der Waals surface area contributed by atoms with Gasteiger partial charge < -0.3 is 5.11 Å². The molecule has 0 atom stereocenters. The molecule has 0 amide bonds. The van der Waals surface area contributed by atoms with E-state index in [1.54, 1.807) is 0 Å². The van der Waals surface area contributed by atoms with E-state index in [1.165, 1.54) is 13.8 Å². The quantitative estimate of drug-likeness (QED) is 0.624. The third kappa shape index (κ3) is 5.23. The summed E-state index contributed by atoms with van der Waals surface area (Å²) in [5.74, 6) is -5.26. The van der Waals surface area contributed by atoms with Gasteiger partial charge in [-0.25, -0.2) is 0 Å². The van der Waals surface area contributed by atoms with Crippen molar-refractivity contribution in [2.75, 3.05) is 0 Å². The normalized spacial score (nSPS) is 12.0. The first kappa shape index (κ1) is 20.3. The van der Waals surface area contributed by atoms with Crippen molar-refractivity contribution in [1.82, 2.24) is 0 Å². The molecule has 0 heterocycles. The topological polar surface area (TPSA) is 88.5 Å². The fourth-order valence-corrected chi connectivity index (χ4v) is 1.99. The van der Waals surface area contributed by atoms with Gasteiger partial charge >= 0.3 is 12.1 Å². The summed E-state index contributed by atoms with van der Waals surface area (Å²) in [4.78, 5) is 45.6. The van der Waals surface area contributed by atoms with Gasteiger partial charge in [0.25, 0.3) is 5.78 Å². The molecule has 5 nitrogen and oxygen atoms in total. The van der Waals surface area contributed by atoms with Crippen LogP contribution in [0.1, 0.15) is 52.4 Å². The molecule has 0 aromatic carbocycles. The molecular formula is C14H19F3O5. The molecule has 0 aromatic rings. The molecule has 0 bridgehead atoms. The molecule has 0 saturated heterocycles. The molecule has 0 spiro atoms. The minimum atomic E-state index is -5.34. The molecule has 0 aliphatic heterocycles. The Hall–Kier alpha value is -1.73. The first-order chi connectivity index (χ1) is 10.0. The standard InChI is InChI=1S/C14H19F3O5/c1-3-9(18)5-7-13(12(21)22,8-6-10(19)4-2)11(20)14(15,16)17/h3-8H2,1-2H3,(H,21,22). The highest BCUT2D eigenvalue weighted by molar-refractivity contribution is 6.06. The number of carboxylic acids is 1. The van der Waals surface area contributed by atoms with Gasteiger partial charge in [0.2, 0.25) is 0 Å². The van der Waals surface area contributed by atoms with Gasteiger partial charge in [-0.15, -0.1) is 0 Å². The Labute approximate surface area is 125 Å². The summed E-state index contributed by atoms with van der Waals surface area (Å²) in [6.07, 6.45) is -7.71. The van der Waals surface area contributed by atoms with E-state index in [0.29, 0.717) is 0 Å². The average Bonchev–Trinajstić information content (AvgIpc) is 2.44. The number of hydrogen-bond donors (Lipinski definition) is 1. The van der Waals surface area contributed by atoms with Crippen LogP contribution in [-0.4, -0.2) is 34.6 Å². The molecule has 126 valence electrons. The van der Waals surface area contributed by atoms with Crippen LogP contribution in [0.4, 0.5) is 13.2 Å². The SMILES string of the molecule is CCC(=O)CCC(CCC(=O)CC)(C(=O)O)C(=O)C(F)(F)F. The van der Waals surface area contributed by atoms with E-state index < -0.39 is 60.6 Å². The minimum absolute atomic E-state index is 0.0315. The van der Waals surface area contributed by atoms with Crippen LogP contribution >= 0.6 is 0 Å². The monoisotopic (exact) mass is 324 g/mol. The van der Waals surface area contributed by atoms with Gasteiger partial charge in [0, 0.05) is 25.7 Å². The molecular weight excluding hydrogens is 305 g/mol. The van der Waals surface area contributed by atoms with Crippen molar-refractivity contribution in [3.63, 3.8) is 0 Å². The predicted molar refractivity (Wildman–Crippen MR) is 70.2 cm³/mol. The highest BCUT2D eigenvalue weighted by Gasteiger charge is 2.57. The molecule has 0 saturated carbocycles. The van der Waals surface area contributed by atoms with Crippen molar-refractivity contribution >= 4 is 23.3 Å². The Morgan fingerprint density at radius 3 is 1.45 bits per heavy atom. The minimum Gasteiger partial charge on any atom is -0.480 e. The van der Waals surface area contributed by atoms with Gasteiger partial charge in [0.1, 0.15) is 17.0 Å². The summed E-state index contributed by atoms with van der Waals surface area (Å²) >= 11 is 0. The number of carbonyl (C=O) groups is 4. The third-order valence-corrected chi connectivity index (χ3v) is 3.55. The van der Waals surface area contributed by atoms with Crippen LogP contribution in [-0.2, 0) is 19.2 Å². The molecule has 8 heteroatoms. The second kappa shape index (κ2) is 8.05. The number of aliphatic carboxylic acids is 1. The fourth-order valence-electron chi connectivity index (χ4n) is 1.99. The van der Waals surface area contributed by atoms with Gasteiger partial charge in [-0.05, 0) is 12.8 Å². The van der Waals surface area contributed by atoms with Gasteiger partial charge in [-0.3, -0.25) is 19.2 Å². The maximum absolute atomic E-state index is 12.7. The van der Waals surface area contributed by atoms with E-state index in [4.69, 9.17) is 0 Å². The maximum atomic E-state index is 12.7. The largest absolute Gasteiger partial charge is 0.480 e. The fraction of sp³-hybridized carbons (Fsp3) is 0.714. The Morgan fingerprint density at radius 2 is 1.23 bits per heavy atom. The molecule has 0 aliphatic carbocycles. The van der Waals surface area contributed by atoms with E-state index in [2.05, 4.69) is 0 Å². The zero-order chi connectivity index (χ0) is 17.6. The Balaban J connectivity index is 5.54. The van der Waals surface area contributed by atoms with Gasteiger partial charge in [-0.2, -0.15) is 13.2 Å². The first-order valence-electron chi connectivity index (χ1n) is 6.89. The van der Waals surface area contributed by atoms with Crippen molar-refractivity contribution in [3.8, 4) is 0 Å². The molecule has 22 heavy (non-hydrogen) atoms. The van der Waals surface area contributed by atoms with Gasteiger partial charge in [0.05, 0.1) is 0 Å². The van der Waals surface area contributed by atoms with Crippen LogP contribution in [0.5, 0.6) is 0 Å². The smallest absolute Gasteiger partial charge is 0.451 e. The highest BCUT2D eigenvalue weighted by atomic mass is 19.4. The lowest BCUT2D eigenvalue weighted by atomic mass is 9.74. The predicted octanol–water partition coefficient (Wildman–Crippen LogP) is 2.71. The van der Waals surface area contributed by atoms with Crippen molar-refractivity contribution in [1.29, 1.82) is 0 Å². The number of carboxylic acid groups (broad SMARTS) is 1. The zero-order valence-corrected chi connectivity index (χ0v) is 12.5. The van der Waals surface area contributed by atoms with Crippen LogP contribution in [0.2, 0.25) is 0 Å². The maximum Gasteiger partial charge on any atom is 0.451 e. The summed E-state index contributed by atoms with van der Waals surface area (Å²) in [6, 6.07) is 0. The summed E-state index contributed by atoms with van der Waals surface area (Å²) in [5.41, 5.74) is -2.78. The molecule has 0 fully saturated rings. The lowest BCUT2D eigenvalue weighted by molar-refractivity contribution is -0.189. The van der Waals surface area contributed by atoms with Crippen LogP contribution in [0.3, 0.4) is 0 Å². The number of carbonyl (C=O) groups excluding carboxylic acids is 3. The first-order valence-corrected chi connectivity index (χ1v) is 6.89. The molecule has 0 radical (unpaired) electrons. The third-order valence-electron chi connectivity index (χ3n) is 3.55. The zero-order valence-electron chi connectivity index (χ0n) is 12.5. The second-order valence-electron chi connectivity index (χ2n) is 5.00. The van der Waals surface area contributed by atoms with Crippen molar-refractivity contribution < 1.29 is 37.5 Å². The number of ketones is 3. The Kier molecular flexibility index (Phi) is 7.42. The number of hydrogen-bond acceptors (Lipinski definition) is 4. The van der Waals surface area contributed by atoms with Crippen LogP contribution in [0.25, 0.3) is 0 Å². The molecule has 1 N–H and O–H groups in total. The lowest BCUT2D eigenvalue weighted by Gasteiger charge is -2.28. The van der Waals surface area contributed by atoms with Crippen LogP contribution in [0.15, 0.2) is 0 Å². The molecule has 0 rings (SSSR count). The van der Waals surface area contributed by atoms with E-state index in [-0.39, 0.29) is 12.8 Å². The summed E-state index contributed by atoms with van der Waals surface area (Å²) in [5, 5.41) is 9.19. The Morgan fingerprint density at radius 1 is 0.864 bits per heavy atom.